The summed E-state index contributed by atoms with van der Waals surface area (Å²) in [6.45, 7) is 5.47. The average Bonchev–Trinajstić information content (AvgIpc) is 2.62. The van der Waals surface area contributed by atoms with E-state index in [1.165, 1.54) is 33.5 Å². The molecule has 0 atom stereocenters. The maximum atomic E-state index is 4.69. The van der Waals surface area contributed by atoms with Crippen LogP contribution in [-0.2, 0) is 19.4 Å². The smallest absolute Gasteiger partial charge is 0.213 e. The highest BCUT2D eigenvalue weighted by Gasteiger charge is 2.27. The van der Waals surface area contributed by atoms with E-state index in [0.29, 0.717) is 0 Å². The monoisotopic (exact) mass is 315 g/mol. The van der Waals surface area contributed by atoms with Crippen LogP contribution in [0.4, 0.5) is 0 Å². The molecule has 0 spiro atoms. The molecule has 24 heavy (non-hydrogen) atoms. The van der Waals surface area contributed by atoms with Crippen molar-refractivity contribution in [2.45, 2.75) is 39.7 Å². The molecule has 0 saturated heterocycles. The summed E-state index contributed by atoms with van der Waals surface area (Å²) in [5.74, 6) is 0. The molecule has 2 nitrogen and oxygen atoms in total. The highest BCUT2D eigenvalue weighted by molar-refractivity contribution is 5.84. The molecule has 1 aliphatic rings. The van der Waals surface area contributed by atoms with Gasteiger partial charge in [-0.15, -0.1) is 0 Å². The zero-order valence-electron chi connectivity index (χ0n) is 14.4. The largest absolute Gasteiger partial charge is 0.256 e. The number of benzene rings is 1. The van der Waals surface area contributed by atoms with Crippen molar-refractivity contribution >= 4 is 0 Å². The van der Waals surface area contributed by atoms with Gasteiger partial charge in [0, 0.05) is 30.3 Å². The summed E-state index contributed by atoms with van der Waals surface area (Å²) in [7, 11) is 0. The van der Waals surface area contributed by atoms with E-state index < -0.39 is 0 Å². The van der Waals surface area contributed by atoms with Gasteiger partial charge in [-0.2, -0.15) is 4.57 Å². The third kappa shape index (κ3) is 2.52. The second kappa shape index (κ2) is 6.20. The molecular weight excluding hydrogens is 292 g/mol. The van der Waals surface area contributed by atoms with E-state index >= 15 is 0 Å². The minimum absolute atomic E-state index is 1.05. The molecule has 0 radical (unpaired) electrons. The predicted octanol–water partition coefficient (Wildman–Crippen LogP) is 4.52. The number of pyridine rings is 2. The molecule has 0 unspecified atom stereocenters. The summed E-state index contributed by atoms with van der Waals surface area (Å²) >= 11 is 0. The van der Waals surface area contributed by atoms with E-state index in [0.717, 1.165) is 31.5 Å². The van der Waals surface area contributed by atoms with Crippen LogP contribution in [-0.4, -0.2) is 4.98 Å². The summed E-state index contributed by atoms with van der Waals surface area (Å²) in [6.07, 6.45) is 7.44. The Morgan fingerprint density at radius 1 is 1.08 bits per heavy atom. The summed E-state index contributed by atoms with van der Waals surface area (Å²) in [4.78, 5) is 4.69. The Bertz CT molecular complexity index is 882. The van der Waals surface area contributed by atoms with Crippen LogP contribution in [0.5, 0.6) is 0 Å². The van der Waals surface area contributed by atoms with Crippen LogP contribution >= 0.6 is 0 Å². The molecule has 0 bridgehead atoms. The fraction of sp³-hybridized carbons (Fsp3) is 0.273. The summed E-state index contributed by atoms with van der Waals surface area (Å²) in [5.41, 5.74) is 9.29. The number of aryl methyl sites for hydroxylation is 4. The van der Waals surface area contributed by atoms with Crippen molar-refractivity contribution < 1.29 is 4.57 Å². The van der Waals surface area contributed by atoms with Crippen molar-refractivity contribution in [3.63, 3.8) is 0 Å². The van der Waals surface area contributed by atoms with E-state index in [2.05, 4.69) is 66.0 Å². The van der Waals surface area contributed by atoms with Gasteiger partial charge in [0.2, 0.25) is 5.69 Å². The third-order valence-electron chi connectivity index (χ3n) is 4.89. The quantitative estimate of drug-likeness (QED) is 0.649. The fourth-order valence-electron chi connectivity index (χ4n) is 3.76. The number of aromatic nitrogens is 2. The number of rotatable bonds is 3. The van der Waals surface area contributed by atoms with E-state index in [4.69, 9.17) is 0 Å². The van der Waals surface area contributed by atoms with Crippen molar-refractivity contribution in [2.75, 3.05) is 0 Å². The molecule has 2 heteroatoms. The summed E-state index contributed by atoms with van der Waals surface area (Å²) in [5, 5.41) is 0. The minimum atomic E-state index is 1.05. The SMILES string of the molecule is CCCc1ccc2c(c1-c1ccccn1)-c1cc(C)cc[n+]1CC2. The summed E-state index contributed by atoms with van der Waals surface area (Å²) < 4.78 is 2.39. The van der Waals surface area contributed by atoms with Crippen molar-refractivity contribution in [3.8, 4) is 22.5 Å². The van der Waals surface area contributed by atoms with E-state index in [1.807, 2.05) is 12.3 Å². The van der Waals surface area contributed by atoms with E-state index in [1.54, 1.807) is 0 Å². The van der Waals surface area contributed by atoms with Crippen LogP contribution in [0.3, 0.4) is 0 Å². The lowest BCUT2D eigenvalue weighted by Gasteiger charge is -2.21. The molecule has 3 aromatic rings. The first-order chi connectivity index (χ1) is 11.8. The highest BCUT2D eigenvalue weighted by atomic mass is 15.0. The topological polar surface area (TPSA) is 16.8 Å². The lowest BCUT2D eigenvalue weighted by molar-refractivity contribution is -0.687. The van der Waals surface area contributed by atoms with Crippen molar-refractivity contribution in [3.05, 3.63) is 71.5 Å². The molecule has 1 aromatic carbocycles. The molecule has 0 fully saturated rings. The van der Waals surface area contributed by atoms with Crippen LogP contribution in [0.2, 0.25) is 0 Å². The maximum Gasteiger partial charge on any atom is 0.213 e. The number of fused-ring (bicyclic) bond motifs is 3. The number of hydrogen-bond acceptors (Lipinski definition) is 1. The van der Waals surface area contributed by atoms with Crippen LogP contribution in [0.15, 0.2) is 54.9 Å². The van der Waals surface area contributed by atoms with Gasteiger partial charge >= 0.3 is 0 Å². The first-order valence-corrected chi connectivity index (χ1v) is 8.84. The van der Waals surface area contributed by atoms with Gasteiger partial charge in [0.05, 0.1) is 11.3 Å². The Kier molecular flexibility index (Phi) is 3.89. The minimum Gasteiger partial charge on any atom is -0.256 e. The normalized spacial score (nSPS) is 12.6. The lowest BCUT2D eigenvalue weighted by atomic mass is 9.86. The van der Waals surface area contributed by atoms with Crippen molar-refractivity contribution in [1.82, 2.24) is 4.98 Å². The Hall–Kier alpha value is -2.48. The highest BCUT2D eigenvalue weighted by Crippen LogP contribution is 2.38. The van der Waals surface area contributed by atoms with E-state index in [9.17, 15) is 0 Å². The molecule has 1 aliphatic heterocycles. The molecule has 4 rings (SSSR count). The molecule has 3 heterocycles. The van der Waals surface area contributed by atoms with Crippen molar-refractivity contribution in [1.29, 1.82) is 0 Å². The van der Waals surface area contributed by atoms with Crippen LogP contribution in [0, 0.1) is 6.92 Å². The van der Waals surface area contributed by atoms with Gasteiger partial charge < -0.3 is 0 Å². The molecule has 0 aliphatic carbocycles. The van der Waals surface area contributed by atoms with Crippen LogP contribution in [0.1, 0.15) is 30.0 Å². The standard InChI is InChI=1S/C22H23N2/c1-3-6-17-8-9-18-11-14-24-13-10-16(2)15-20(24)22(18)21(17)19-7-4-5-12-23-19/h4-5,7-10,12-13,15H,3,6,11,14H2,1-2H3/q+1. The molecule has 0 amide bonds. The Labute approximate surface area is 143 Å². The third-order valence-corrected chi connectivity index (χ3v) is 4.89. The van der Waals surface area contributed by atoms with Crippen LogP contribution < -0.4 is 4.57 Å². The average molecular weight is 315 g/mol. The fourth-order valence-corrected chi connectivity index (χ4v) is 3.76. The first-order valence-electron chi connectivity index (χ1n) is 8.84. The Morgan fingerprint density at radius 2 is 2.00 bits per heavy atom. The molecule has 0 N–H and O–H groups in total. The van der Waals surface area contributed by atoms with Gasteiger partial charge in [0.1, 0.15) is 0 Å². The second-order valence-electron chi connectivity index (χ2n) is 6.63. The first kappa shape index (κ1) is 15.1. The zero-order chi connectivity index (χ0) is 16.5. The molecular formula is C22H23N2+. The second-order valence-corrected chi connectivity index (χ2v) is 6.63. The molecule has 2 aromatic heterocycles. The van der Waals surface area contributed by atoms with Crippen molar-refractivity contribution in [2.24, 2.45) is 0 Å². The van der Waals surface area contributed by atoms with Gasteiger partial charge in [-0.05, 0) is 42.2 Å². The number of nitrogens with zero attached hydrogens (tertiary/aromatic N) is 2. The molecule has 0 saturated carbocycles. The Morgan fingerprint density at radius 3 is 2.79 bits per heavy atom. The van der Waals surface area contributed by atoms with E-state index in [-0.39, 0.29) is 0 Å². The van der Waals surface area contributed by atoms with Crippen LogP contribution in [0.25, 0.3) is 22.5 Å². The predicted molar refractivity (Wildman–Crippen MR) is 97.7 cm³/mol. The van der Waals surface area contributed by atoms with Gasteiger partial charge in [-0.1, -0.05) is 31.5 Å². The van der Waals surface area contributed by atoms with Gasteiger partial charge in [-0.25, -0.2) is 0 Å². The van der Waals surface area contributed by atoms with Gasteiger partial charge in [-0.3, -0.25) is 4.98 Å². The number of hydrogen-bond donors (Lipinski definition) is 0. The zero-order valence-corrected chi connectivity index (χ0v) is 14.4. The molecule has 120 valence electrons. The lowest BCUT2D eigenvalue weighted by Crippen LogP contribution is -2.40. The van der Waals surface area contributed by atoms with Gasteiger partial charge in [0.25, 0.3) is 0 Å². The van der Waals surface area contributed by atoms with Gasteiger partial charge in [0.15, 0.2) is 12.7 Å². The summed E-state index contributed by atoms with van der Waals surface area (Å²) in [6, 6.07) is 15.4. The Balaban J connectivity index is 2.04. The maximum absolute atomic E-state index is 4.69.